The minimum atomic E-state index is -0.736. The number of aliphatic hydroxyl groups excluding tert-OH is 2. The number of hydrogen-bond donors (Lipinski definition) is 3. The second-order valence-corrected chi connectivity index (χ2v) is 5.66. The molecule has 0 spiro atoms. The van der Waals surface area contributed by atoms with Crippen LogP contribution in [0.15, 0.2) is 48.6 Å². The monoisotopic (exact) mass is 336 g/mol. The summed E-state index contributed by atoms with van der Waals surface area (Å²) in [5.74, 6) is -0.736. The van der Waals surface area contributed by atoms with Crippen molar-refractivity contribution in [1.82, 2.24) is 0 Å². The summed E-state index contributed by atoms with van der Waals surface area (Å²) >= 11 is 0. The van der Waals surface area contributed by atoms with Gasteiger partial charge in [-0.1, -0.05) is 55.5 Å². The molecule has 0 saturated heterocycles. The quantitative estimate of drug-likeness (QED) is 0.329. The van der Waals surface area contributed by atoms with E-state index < -0.39 is 18.2 Å². The van der Waals surface area contributed by atoms with Crippen molar-refractivity contribution in [2.75, 3.05) is 0 Å². The first-order chi connectivity index (χ1) is 11.6. The van der Waals surface area contributed by atoms with Crippen LogP contribution in [0.2, 0.25) is 0 Å². The normalized spacial score (nSPS) is 15.1. The molecule has 0 aromatic rings. The second-order valence-electron chi connectivity index (χ2n) is 5.66. The summed E-state index contributed by atoms with van der Waals surface area (Å²) in [6.45, 7) is 1.85. The SMILES string of the molecule is CC[C@@H](O)[C@H](O)C/C=C\C/C=C\C/C=C\C/C=C\CCCC(=O)O. The lowest BCUT2D eigenvalue weighted by atomic mass is 10.1. The maximum absolute atomic E-state index is 10.3. The van der Waals surface area contributed by atoms with Gasteiger partial charge in [0.05, 0.1) is 12.2 Å². The van der Waals surface area contributed by atoms with Crippen LogP contribution in [0.25, 0.3) is 0 Å². The van der Waals surface area contributed by atoms with Gasteiger partial charge in [-0.2, -0.15) is 0 Å². The van der Waals surface area contributed by atoms with E-state index in [9.17, 15) is 15.0 Å². The Labute approximate surface area is 145 Å². The molecule has 4 nitrogen and oxygen atoms in total. The molecule has 0 radical (unpaired) electrons. The third-order valence-corrected chi connectivity index (χ3v) is 3.48. The lowest BCUT2D eigenvalue weighted by Crippen LogP contribution is -2.23. The van der Waals surface area contributed by atoms with Crippen molar-refractivity contribution in [2.45, 2.75) is 70.5 Å². The fourth-order valence-electron chi connectivity index (χ4n) is 1.97. The fraction of sp³-hybridized carbons (Fsp3) is 0.550. The van der Waals surface area contributed by atoms with E-state index in [4.69, 9.17) is 5.11 Å². The van der Waals surface area contributed by atoms with Gasteiger partial charge in [-0.05, 0) is 44.9 Å². The molecule has 136 valence electrons. The van der Waals surface area contributed by atoms with Crippen LogP contribution < -0.4 is 0 Å². The van der Waals surface area contributed by atoms with Gasteiger partial charge in [-0.15, -0.1) is 0 Å². The molecule has 0 aliphatic carbocycles. The van der Waals surface area contributed by atoms with Crippen molar-refractivity contribution in [2.24, 2.45) is 0 Å². The molecular weight excluding hydrogens is 304 g/mol. The molecule has 0 aromatic heterocycles. The van der Waals surface area contributed by atoms with E-state index in [1.165, 1.54) is 0 Å². The topological polar surface area (TPSA) is 77.8 Å². The number of carboxylic acids is 1. The fourth-order valence-corrected chi connectivity index (χ4v) is 1.97. The molecule has 2 atom stereocenters. The van der Waals surface area contributed by atoms with Gasteiger partial charge in [0.15, 0.2) is 0 Å². The van der Waals surface area contributed by atoms with Gasteiger partial charge in [0, 0.05) is 6.42 Å². The molecule has 0 heterocycles. The van der Waals surface area contributed by atoms with Crippen LogP contribution in [0.5, 0.6) is 0 Å². The molecule has 0 saturated carbocycles. The number of carboxylic acid groups (broad SMARTS) is 1. The summed E-state index contributed by atoms with van der Waals surface area (Å²) in [6, 6.07) is 0. The van der Waals surface area contributed by atoms with Gasteiger partial charge in [0.1, 0.15) is 0 Å². The van der Waals surface area contributed by atoms with Crippen molar-refractivity contribution < 1.29 is 20.1 Å². The van der Waals surface area contributed by atoms with Crippen molar-refractivity contribution in [3.8, 4) is 0 Å². The number of carbonyl (C=O) groups is 1. The van der Waals surface area contributed by atoms with Crippen LogP contribution in [0, 0.1) is 0 Å². The first-order valence-corrected chi connectivity index (χ1v) is 8.75. The molecule has 0 rings (SSSR count). The van der Waals surface area contributed by atoms with Gasteiger partial charge in [-0.25, -0.2) is 0 Å². The zero-order chi connectivity index (χ0) is 18.0. The van der Waals surface area contributed by atoms with Crippen LogP contribution in [0.3, 0.4) is 0 Å². The summed E-state index contributed by atoms with van der Waals surface area (Å²) < 4.78 is 0. The van der Waals surface area contributed by atoms with Gasteiger partial charge >= 0.3 is 5.97 Å². The van der Waals surface area contributed by atoms with Crippen molar-refractivity contribution in [3.05, 3.63) is 48.6 Å². The number of allylic oxidation sites excluding steroid dienone is 7. The number of aliphatic carboxylic acids is 1. The maximum atomic E-state index is 10.3. The average molecular weight is 336 g/mol. The molecule has 0 unspecified atom stereocenters. The van der Waals surface area contributed by atoms with E-state index in [2.05, 4.69) is 30.4 Å². The molecular formula is C20H32O4. The zero-order valence-electron chi connectivity index (χ0n) is 14.7. The number of rotatable bonds is 14. The Morgan fingerprint density at radius 1 is 0.833 bits per heavy atom. The van der Waals surface area contributed by atoms with Crippen LogP contribution >= 0.6 is 0 Å². The third-order valence-electron chi connectivity index (χ3n) is 3.48. The molecule has 0 aliphatic heterocycles. The first kappa shape index (κ1) is 22.4. The molecule has 0 amide bonds. The van der Waals surface area contributed by atoms with Crippen LogP contribution in [-0.4, -0.2) is 33.5 Å². The minimum Gasteiger partial charge on any atom is -0.481 e. The molecule has 0 aliphatic rings. The van der Waals surface area contributed by atoms with Crippen LogP contribution in [-0.2, 0) is 4.79 Å². The number of aliphatic hydroxyl groups is 2. The molecule has 0 fully saturated rings. The third kappa shape index (κ3) is 15.3. The molecule has 4 heteroatoms. The van der Waals surface area contributed by atoms with Gasteiger partial charge < -0.3 is 15.3 Å². The predicted octanol–water partition coefficient (Wildman–Crippen LogP) is 4.16. The minimum absolute atomic E-state index is 0.234. The summed E-state index contributed by atoms with van der Waals surface area (Å²) in [5, 5.41) is 27.5. The highest BCUT2D eigenvalue weighted by atomic mass is 16.4. The second kappa shape index (κ2) is 16.2. The van der Waals surface area contributed by atoms with Crippen molar-refractivity contribution in [3.63, 3.8) is 0 Å². The summed E-state index contributed by atoms with van der Waals surface area (Å²) in [6.07, 6.45) is 20.4. The predicted molar refractivity (Wildman–Crippen MR) is 98.8 cm³/mol. The van der Waals surface area contributed by atoms with Crippen molar-refractivity contribution >= 4 is 5.97 Å². The summed E-state index contributed by atoms with van der Waals surface area (Å²) in [4.78, 5) is 10.3. The van der Waals surface area contributed by atoms with Crippen LogP contribution in [0.4, 0.5) is 0 Å². The van der Waals surface area contributed by atoms with E-state index in [-0.39, 0.29) is 6.42 Å². The van der Waals surface area contributed by atoms with Gasteiger partial charge in [0.2, 0.25) is 0 Å². The average Bonchev–Trinajstić information content (AvgIpc) is 2.57. The summed E-state index contributed by atoms with van der Waals surface area (Å²) in [7, 11) is 0. The number of hydrogen-bond acceptors (Lipinski definition) is 3. The molecule has 0 bridgehead atoms. The van der Waals surface area contributed by atoms with Gasteiger partial charge in [0.25, 0.3) is 0 Å². The Balaban J connectivity index is 3.57. The van der Waals surface area contributed by atoms with E-state index >= 15 is 0 Å². The molecule has 3 N–H and O–H groups in total. The Morgan fingerprint density at radius 2 is 1.33 bits per heavy atom. The standard InChI is InChI=1S/C20H32O4/c1-2-18(21)19(22)16-14-12-10-8-6-4-3-5-7-9-11-13-15-17-20(23)24/h3,5-6,8-9,11-12,14,18-19,21-22H,2,4,7,10,13,15-17H2,1H3,(H,23,24)/b5-3-,8-6-,11-9-,14-12-/t18-,19-/m1/s1. The van der Waals surface area contributed by atoms with E-state index in [1.807, 2.05) is 25.2 Å². The first-order valence-electron chi connectivity index (χ1n) is 8.75. The molecule has 24 heavy (non-hydrogen) atoms. The Kier molecular flexibility index (Phi) is 15.1. The smallest absolute Gasteiger partial charge is 0.303 e. The van der Waals surface area contributed by atoms with Gasteiger partial charge in [-0.3, -0.25) is 4.79 Å². The van der Waals surface area contributed by atoms with Crippen molar-refractivity contribution in [1.29, 1.82) is 0 Å². The van der Waals surface area contributed by atoms with E-state index in [1.54, 1.807) is 0 Å². The summed E-state index contributed by atoms with van der Waals surface area (Å²) in [5.41, 5.74) is 0. The Hall–Kier alpha value is -1.65. The maximum Gasteiger partial charge on any atom is 0.303 e. The lowest BCUT2D eigenvalue weighted by Gasteiger charge is -2.13. The Morgan fingerprint density at radius 3 is 1.83 bits per heavy atom. The lowest BCUT2D eigenvalue weighted by molar-refractivity contribution is -0.137. The Bertz CT molecular complexity index is 421. The highest BCUT2D eigenvalue weighted by Gasteiger charge is 2.11. The van der Waals surface area contributed by atoms with Crippen LogP contribution in [0.1, 0.15) is 58.3 Å². The number of unbranched alkanes of at least 4 members (excludes halogenated alkanes) is 1. The highest BCUT2D eigenvalue weighted by Crippen LogP contribution is 2.04. The van der Waals surface area contributed by atoms with E-state index in [0.29, 0.717) is 19.3 Å². The zero-order valence-corrected chi connectivity index (χ0v) is 14.7. The largest absolute Gasteiger partial charge is 0.481 e. The molecule has 0 aromatic carbocycles. The van der Waals surface area contributed by atoms with E-state index in [0.717, 1.165) is 25.7 Å². The highest BCUT2D eigenvalue weighted by molar-refractivity contribution is 5.66.